The lowest BCUT2D eigenvalue weighted by molar-refractivity contribution is 0.419. The summed E-state index contributed by atoms with van der Waals surface area (Å²) in [6, 6.07) is 16.5. The van der Waals surface area contributed by atoms with Crippen molar-refractivity contribution < 1.29 is 5.11 Å². The molecule has 1 aliphatic rings. The molecule has 0 aliphatic carbocycles. The third kappa shape index (κ3) is 4.25. The van der Waals surface area contributed by atoms with E-state index in [-0.39, 0.29) is 21.5 Å². The van der Waals surface area contributed by atoms with Crippen LogP contribution in [0.5, 0.6) is 5.88 Å². The first-order chi connectivity index (χ1) is 15.4. The van der Waals surface area contributed by atoms with Crippen LogP contribution in [0.4, 0.5) is 11.4 Å². The van der Waals surface area contributed by atoms with Gasteiger partial charge >= 0.3 is 0 Å². The van der Waals surface area contributed by atoms with Crippen LogP contribution in [0.1, 0.15) is 36.6 Å². The van der Waals surface area contributed by atoms with E-state index < -0.39 is 5.56 Å². The Morgan fingerprint density at radius 2 is 1.88 bits per heavy atom. The molecular formula is C24H26N4O2S2. The molecule has 8 heteroatoms. The zero-order valence-corrected chi connectivity index (χ0v) is 20.0. The Kier molecular flexibility index (Phi) is 6.53. The molecule has 1 aliphatic heterocycles. The van der Waals surface area contributed by atoms with E-state index in [1.807, 2.05) is 24.3 Å². The lowest BCUT2D eigenvalue weighted by Crippen LogP contribution is -2.23. The number of nitrogens with zero attached hydrogens (tertiary/aromatic N) is 3. The summed E-state index contributed by atoms with van der Waals surface area (Å²) in [5.41, 5.74) is 3.42. The fourth-order valence-corrected chi connectivity index (χ4v) is 5.32. The number of nitrogens with one attached hydrogen (secondary N) is 1. The first-order valence-electron chi connectivity index (χ1n) is 10.6. The van der Waals surface area contributed by atoms with Gasteiger partial charge in [0.1, 0.15) is 5.56 Å². The minimum absolute atomic E-state index is 0.0374. The molecule has 2 heterocycles. The number of fused-ring (bicyclic) bond motifs is 1. The van der Waals surface area contributed by atoms with Gasteiger partial charge in [0.2, 0.25) is 5.88 Å². The van der Waals surface area contributed by atoms with Crippen molar-refractivity contribution in [3.8, 4) is 5.88 Å². The summed E-state index contributed by atoms with van der Waals surface area (Å²) in [7, 11) is 1.63. The molecule has 0 spiro atoms. The van der Waals surface area contributed by atoms with Crippen molar-refractivity contribution in [2.45, 2.75) is 30.4 Å². The average molecular weight is 467 g/mol. The van der Waals surface area contributed by atoms with Crippen LogP contribution in [0.2, 0.25) is 0 Å². The van der Waals surface area contributed by atoms with Crippen LogP contribution < -0.4 is 10.5 Å². The van der Waals surface area contributed by atoms with Crippen LogP contribution in [0.15, 0.2) is 63.2 Å². The van der Waals surface area contributed by atoms with Crippen molar-refractivity contribution in [1.82, 2.24) is 9.55 Å². The van der Waals surface area contributed by atoms with E-state index in [1.54, 1.807) is 18.8 Å². The number of thioether (sulfide) groups is 1. The molecule has 0 saturated carbocycles. The van der Waals surface area contributed by atoms with Crippen molar-refractivity contribution in [1.29, 1.82) is 0 Å². The first kappa shape index (κ1) is 22.4. The van der Waals surface area contributed by atoms with Crippen molar-refractivity contribution >= 4 is 41.1 Å². The highest BCUT2D eigenvalue weighted by Crippen LogP contribution is 2.45. The van der Waals surface area contributed by atoms with Crippen LogP contribution in [-0.4, -0.2) is 33.5 Å². The zero-order chi connectivity index (χ0) is 22.8. The average Bonchev–Trinajstić information content (AvgIpc) is 2.98. The summed E-state index contributed by atoms with van der Waals surface area (Å²) in [5.74, 6) is -0.169. The Morgan fingerprint density at radius 1 is 1.19 bits per heavy atom. The summed E-state index contributed by atoms with van der Waals surface area (Å²) < 4.78 is 1.57. The van der Waals surface area contributed by atoms with Crippen LogP contribution in [0.25, 0.3) is 0 Å². The van der Waals surface area contributed by atoms with Gasteiger partial charge in [-0.2, -0.15) is 0 Å². The number of aromatic amines is 1. The van der Waals surface area contributed by atoms with Crippen LogP contribution in [-0.2, 0) is 7.05 Å². The normalized spacial score (nSPS) is 15.6. The molecule has 2 aromatic carbocycles. The van der Waals surface area contributed by atoms with E-state index in [0.717, 1.165) is 29.2 Å². The molecule has 0 bridgehead atoms. The van der Waals surface area contributed by atoms with Crippen molar-refractivity contribution in [3.05, 3.63) is 74.8 Å². The largest absolute Gasteiger partial charge is 0.494 e. The molecule has 4 rings (SSSR count). The fourth-order valence-electron chi connectivity index (χ4n) is 3.91. The maximum Gasteiger partial charge on any atom is 0.264 e. The fraction of sp³-hybridized carbons (Fsp3) is 0.292. The van der Waals surface area contributed by atoms with Gasteiger partial charge < -0.3 is 10.0 Å². The van der Waals surface area contributed by atoms with Gasteiger partial charge in [-0.3, -0.25) is 19.3 Å². The Labute approximate surface area is 196 Å². The van der Waals surface area contributed by atoms with E-state index >= 15 is 0 Å². The third-order valence-electron chi connectivity index (χ3n) is 5.74. The smallest absolute Gasteiger partial charge is 0.264 e. The Morgan fingerprint density at radius 3 is 2.56 bits per heavy atom. The number of anilines is 1. The van der Waals surface area contributed by atoms with Crippen LogP contribution in [0, 0.1) is 4.77 Å². The summed E-state index contributed by atoms with van der Waals surface area (Å²) >= 11 is 6.86. The second-order valence-electron chi connectivity index (χ2n) is 7.62. The maximum atomic E-state index is 12.8. The van der Waals surface area contributed by atoms with E-state index in [1.165, 1.54) is 10.3 Å². The number of aromatic nitrogens is 2. The van der Waals surface area contributed by atoms with Gasteiger partial charge in [0, 0.05) is 42.4 Å². The number of hydrogen-bond acceptors (Lipinski definition) is 6. The molecule has 166 valence electrons. The van der Waals surface area contributed by atoms with Gasteiger partial charge in [0.15, 0.2) is 4.77 Å². The SMILES string of the molecule is CCN(CC)c1ccc([C@@H]2CC(c3c(O)n(C)c(=S)[nH]c3=O)=Nc3ccccc3S2)cc1. The molecule has 0 saturated heterocycles. The first-order valence-corrected chi connectivity index (χ1v) is 11.9. The number of benzene rings is 2. The van der Waals surface area contributed by atoms with Crippen molar-refractivity contribution in [2.75, 3.05) is 18.0 Å². The molecule has 0 fully saturated rings. The molecule has 6 nitrogen and oxygen atoms in total. The molecule has 1 atom stereocenters. The second kappa shape index (κ2) is 9.34. The van der Waals surface area contributed by atoms with E-state index in [4.69, 9.17) is 17.2 Å². The zero-order valence-electron chi connectivity index (χ0n) is 18.3. The Hall–Kier alpha value is -2.84. The molecule has 0 amide bonds. The van der Waals surface area contributed by atoms with Gasteiger partial charge in [-0.25, -0.2) is 0 Å². The number of rotatable bonds is 5. The minimum atomic E-state index is -0.427. The standard InChI is InChI=1S/C24H26N4O2S2/c1-4-28(5-2)16-12-10-15(11-13-16)20-14-18(25-17-8-6-7-9-19(17)32-20)21-22(29)26-24(31)27(3)23(21)30/h6-13,20,30H,4-5,14H2,1-3H3,(H,26,29,31)/t20-/m0/s1. The number of H-pyrrole nitrogens is 1. The highest BCUT2D eigenvalue weighted by atomic mass is 32.2. The molecule has 3 aromatic rings. The summed E-state index contributed by atoms with van der Waals surface area (Å²) in [4.78, 5) is 23.6. The topological polar surface area (TPSA) is 73.6 Å². The molecule has 1 aromatic heterocycles. The molecule has 2 N–H and O–H groups in total. The predicted octanol–water partition coefficient (Wildman–Crippen LogP) is 5.35. The lowest BCUT2D eigenvalue weighted by atomic mass is 10.0. The molecule has 32 heavy (non-hydrogen) atoms. The predicted molar refractivity (Wildman–Crippen MR) is 134 cm³/mol. The quantitative estimate of drug-likeness (QED) is 0.496. The number of aliphatic imine (C=N–C) groups is 1. The number of hydrogen-bond donors (Lipinski definition) is 2. The van der Waals surface area contributed by atoms with Crippen LogP contribution >= 0.6 is 24.0 Å². The lowest BCUT2D eigenvalue weighted by Gasteiger charge is -2.22. The van der Waals surface area contributed by atoms with Crippen molar-refractivity contribution in [2.24, 2.45) is 12.0 Å². The van der Waals surface area contributed by atoms with Gasteiger partial charge in [-0.1, -0.05) is 24.3 Å². The Bertz CT molecular complexity index is 1270. The maximum absolute atomic E-state index is 12.8. The Balaban J connectivity index is 1.80. The second-order valence-corrected chi connectivity index (χ2v) is 9.25. The van der Waals surface area contributed by atoms with Gasteiger partial charge in [-0.05, 0) is 55.9 Å². The van der Waals surface area contributed by atoms with Gasteiger partial charge in [0.25, 0.3) is 5.56 Å². The summed E-state index contributed by atoms with van der Waals surface area (Å²) in [5, 5.41) is 10.8. The number of para-hydroxylation sites is 1. The highest BCUT2D eigenvalue weighted by Gasteiger charge is 2.26. The van der Waals surface area contributed by atoms with Crippen molar-refractivity contribution in [3.63, 3.8) is 0 Å². The van der Waals surface area contributed by atoms with E-state index in [2.05, 4.69) is 48.0 Å². The van der Waals surface area contributed by atoms with Gasteiger partial charge in [-0.15, -0.1) is 11.8 Å². The molecule has 0 unspecified atom stereocenters. The summed E-state index contributed by atoms with van der Waals surface area (Å²) in [6.07, 6.45) is 0.497. The van der Waals surface area contributed by atoms with E-state index in [0.29, 0.717) is 12.1 Å². The third-order valence-corrected chi connectivity index (χ3v) is 7.44. The van der Waals surface area contributed by atoms with Crippen LogP contribution in [0.3, 0.4) is 0 Å². The monoisotopic (exact) mass is 466 g/mol. The van der Waals surface area contributed by atoms with Gasteiger partial charge in [0.05, 0.1) is 11.4 Å². The highest BCUT2D eigenvalue weighted by molar-refractivity contribution is 7.99. The number of aromatic hydroxyl groups is 1. The van der Waals surface area contributed by atoms with E-state index in [9.17, 15) is 9.90 Å². The summed E-state index contributed by atoms with van der Waals surface area (Å²) in [6.45, 7) is 6.21. The molecular weight excluding hydrogens is 440 g/mol. The molecule has 0 radical (unpaired) electrons. The minimum Gasteiger partial charge on any atom is -0.494 e.